The number of hydrogen-bond acceptors (Lipinski definition) is 3. The minimum Gasteiger partial charge on any atom is -0.479 e. The van der Waals surface area contributed by atoms with Gasteiger partial charge in [0.15, 0.2) is 0 Å². The first-order valence-electron chi connectivity index (χ1n) is 6.15. The number of terminal acetylenes is 1. The Bertz CT molecular complexity index is 500. The van der Waals surface area contributed by atoms with E-state index in [1.807, 2.05) is 0 Å². The maximum atomic E-state index is 13.3. The van der Waals surface area contributed by atoms with E-state index < -0.39 is 11.8 Å². The molecule has 0 aliphatic carbocycles. The second-order valence-electron chi connectivity index (χ2n) is 3.87. The van der Waals surface area contributed by atoms with Crippen LogP contribution in [0.5, 0.6) is 5.75 Å². The topological polar surface area (TPSA) is 61.8 Å². The van der Waals surface area contributed by atoms with Gasteiger partial charge in [-0.15, -0.1) is 6.42 Å². The summed E-state index contributed by atoms with van der Waals surface area (Å²) < 4.78 is 18.5. The second-order valence-corrected chi connectivity index (χ2v) is 3.87. The normalized spacial score (nSPS) is 9.70. The van der Waals surface area contributed by atoms with E-state index in [9.17, 15) is 9.18 Å². The third-order valence-electron chi connectivity index (χ3n) is 2.53. The summed E-state index contributed by atoms with van der Waals surface area (Å²) >= 11 is 0. The fraction of sp³-hybridized carbons (Fsp3) is 0.357. The summed E-state index contributed by atoms with van der Waals surface area (Å²) in [5.74, 6) is 2.08. The lowest BCUT2D eigenvalue weighted by Gasteiger charge is -2.21. The van der Waals surface area contributed by atoms with Crippen molar-refractivity contribution in [3.63, 3.8) is 0 Å². The van der Waals surface area contributed by atoms with Gasteiger partial charge in [0, 0.05) is 19.2 Å². The van der Waals surface area contributed by atoms with Gasteiger partial charge in [0.05, 0.1) is 12.3 Å². The maximum absolute atomic E-state index is 13.3. The molecule has 0 radical (unpaired) electrons. The standard InChI is InChI=1S/C14H17FN2O3/c1-3-9-20-13-6-5-11(15)10-12(13)16-14(19)17(4-2)7-8-18/h1,5-6,10,18H,4,7-9H2,2H3,(H,16,19). The molecular formula is C14H17FN2O3. The zero-order valence-corrected chi connectivity index (χ0v) is 11.2. The number of amides is 2. The molecule has 0 aromatic heterocycles. The van der Waals surface area contributed by atoms with Crippen molar-refractivity contribution in [1.29, 1.82) is 0 Å². The third kappa shape index (κ3) is 4.44. The van der Waals surface area contributed by atoms with Crippen molar-refractivity contribution in [3.8, 4) is 18.1 Å². The van der Waals surface area contributed by atoms with E-state index >= 15 is 0 Å². The zero-order chi connectivity index (χ0) is 15.0. The molecule has 108 valence electrons. The van der Waals surface area contributed by atoms with Crippen molar-refractivity contribution >= 4 is 11.7 Å². The number of urea groups is 1. The number of halogens is 1. The molecule has 20 heavy (non-hydrogen) atoms. The molecule has 0 aliphatic rings. The number of carbonyl (C=O) groups excluding carboxylic acids is 1. The van der Waals surface area contributed by atoms with E-state index in [1.54, 1.807) is 6.92 Å². The number of hydrogen-bond donors (Lipinski definition) is 2. The molecule has 0 heterocycles. The van der Waals surface area contributed by atoms with Gasteiger partial charge in [0.25, 0.3) is 0 Å². The average Bonchev–Trinajstić information content (AvgIpc) is 2.43. The van der Waals surface area contributed by atoms with Crippen LogP contribution in [-0.4, -0.2) is 42.3 Å². The Labute approximate surface area is 117 Å². The van der Waals surface area contributed by atoms with Gasteiger partial charge >= 0.3 is 6.03 Å². The highest BCUT2D eigenvalue weighted by Crippen LogP contribution is 2.25. The Morgan fingerprint density at radius 1 is 1.60 bits per heavy atom. The first-order valence-corrected chi connectivity index (χ1v) is 6.15. The van der Waals surface area contributed by atoms with Crippen LogP contribution in [0.15, 0.2) is 18.2 Å². The lowest BCUT2D eigenvalue weighted by atomic mass is 10.3. The number of aliphatic hydroxyl groups is 1. The Morgan fingerprint density at radius 3 is 2.95 bits per heavy atom. The van der Waals surface area contributed by atoms with Gasteiger partial charge in [-0.3, -0.25) is 0 Å². The predicted molar refractivity (Wildman–Crippen MR) is 74.1 cm³/mol. The van der Waals surface area contributed by atoms with Crippen molar-refractivity contribution in [3.05, 3.63) is 24.0 Å². The largest absolute Gasteiger partial charge is 0.479 e. The van der Waals surface area contributed by atoms with E-state index in [1.165, 1.54) is 17.0 Å². The molecule has 0 saturated carbocycles. The first kappa shape index (κ1) is 15.8. The van der Waals surface area contributed by atoms with E-state index in [0.29, 0.717) is 6.54 Å². The smallest absolute Gasteiger partial charge is 0.322 e. The summed E-state index contributed by atoms with van der Waals surface area (Å²) in [5, 5.41) is 11.4. The molecule has 1 aromatic carbocycles. The Kier molecular flexibility index (Phi) is 6.33. The second kappa shape index (κ2) is 8.02. The minimum absolute atomic E-state index is 0.0165. The average molecular weight is 280 g/mol. The van der Waals surface area contributed by atoms with Gasteiger partial charge < -0.3 is 20.1 Å². The number of anilines is 1. The number of nitrogens with zero attached hydrogens (tertiary/aromatic N) is 1. The molecule has 0 aliphatic heterocycles. The summed E-state index contributed by atoms with van der Waals surface area (Å²) in [6.07, 6.45) is 5.09. The van der Waals surface area contributed by atoms with E-state index in [4.69, 9.17) is 16.3 Å². The van der Waals surface area contributed by atoms with Gasteiger partial charge in [-0.2, -0.15) is 0 Å². The quantitative estimate of drug-likeness (QED) is 0.779. The van der Waals surface area contributed by atoms with Crippen LogP contribution in [0.1, 0.15) is 6.92 Å². The SMILES string of the molecule is C#CCOc1ccc(F)cc1NC(=O)N(CC)CCO. The molecule has 0 fully saturated rings. The Hall–Kier alpha value is -2.26. The molecule has 5 nitrogen and oxygen atoms in total. The van der Waals surface area contributed by atoms with Crippen LogP contribution >= 0.6 is 0 Å². The lowest BCUT2D eigenvalue weighted by molar-refractivity contribution is 0.192. The molecule has 0 unspecified atom stereocenters. The highest BCUT2D eigenvalue weighted by Gasteiger charge is 2.14. The Balaban J connectivity index is 2.86. The van der Waals surface area contributed by atoms with E-state index in [-0.39, 0.29) is 31.2 Å². The third-order valence-corrected chi connectivity index (χ3v) is 2.53. The molecular weight excluding hydrogens is 263 g/mol. The van der Waals surface area contributed by atoms with Crippen LogP contribution in [-0.2, 0) is 0 Å². The van der Waals surface area contributed by atoms with E-state index in [2.05, 4.69) is 11.2 Å². The van der Waals surface area contributed by atoms with Crippen LogP contribution < -0.4 is 10.1 Å². The number of rotatable bonds is 6. The summed E-state index contributed by atoms with van der Waals surface area (Å²) in [4.78, 5) is 13.3. The molecule has 0 atom stereocenters. The first-order chi connectivity index (χ1) is 9.62. The molecule has 1 aromatic rings. The number of aliphatic hydroxyl groups excluding tert-OH is 1. The fourth-order valence-electron chi connectivity index (χ4n) is 1.56. The number of carbonyl (C=O) groups is 1. The van der Waals surface area contributed by atoms with Crippen LogP contribution in [0, 0.1) is 18.2 Å². The molecule has 0 saturated heterocycles. The van der Waals surface area contributed by atoms with Gasteiger partial charge in [-0.1, -0.05) is 5.92 Å². The number of ether oxygens (including phenoxy) is 1. The van der Waals surface area contributed by atoms with Crippen LogP contribution in [0.4, 0.5) is 14.9 Å². The molecule has 2 N–H and O–H groups in total. The van der Waals surface area contributed by atoms with Crippen molar-refractivity contribution in [2.45, 2.75) is 6.92 Å². The van der Waals surface area contributed by atoms with Gasteiger partial charge in [-0.05, 0) is 19.1 Å². The minimum atomic E-state index is -0.501. The van der Waals surface area contributed by atoms with E-state index in [0.717, 1.165) is 6.07 Å². The molecule has 1 rings (SSSR count). The number of likely N-dealkylation sites (N-methyl/N-ethyl adjacent to an activating group) is 1. The van der Waals surface area contributed by atoms with Crippen molar-refractivity contribution in [1.82, 2.24) is 4.90 Å². The summed E-state index contributed by atoms with van der Waals surface area (Å²) in [7, 11) is 0. The highest BCUT2D eigenvalue weighted by molar-refractivity contribution is 5.91. The summed E-state index contributed by atoms with van der Waals surface area (Å²) in [6.45, 7) is 2.25. The van der Waals surface area contributed by atoms with Gasteiger partial charge in [-0.25, -0.2) is 9.18 Å². The number of benzene rings is 1. The Morgan fingerprint density at radius 2 is 2.35 bits per heavy atom. The van der Waals surface area contributed by atoms with Crippen LogP contribution in [0.2, 0.25) is 0 Å². The number of nitrogens with one attached hydrogen (secondary N) is 1. The van der Waals surface area contributed by atoms with Gasteiger partial charge in [0.2, 0.25) is 0 Å². The maximum Gasteiger partial charge on any atom is 0.322 e. The monoisotopic (exact) mass is 280 g/mol. The lowest BCUT2D eigenvalue weighted by Crippen LogP contribution is -2.36. The van der Waals surface area contributed by atoms with Crippen molar-refractivity contribution in [2.24, 2.45) is 0 Å². The fourth-order valence-corrected chi connectivity index (χ4v) is 1.56. The zero-order valence-electron chi connectivity index (χ0n) is 11.2. The predicted octanol–water partition coefficient (Wildman–Crippen LogP) is 1.68. The molecule has 6 heteroatoms. The van der Waals surface area contributed by atoms with Crippen molar-refractivity contribution < 1.29 is 19.0 Å². The molecule has 0 bridgehead atoms. The highest BCUT2D eigenvalue weighted by atomic mass is 19.1. The molecule has 2 amide bonds. The van der Waals surface area contributed by atoms with Crippen LogP contribution in [0.3, 0.4) is 0 Å². The van der Waals surface area contributed by atoms with Crippen LogP contribution in [0.25, 0.3) is 0 Å². The van der Waals surface area contributed by atoms with Gasteiger partial charge in [0.1, 0.15) is 18.2 Å². The molecule has 0 spiro atoms. The summed E-state index contributed by atoms with van der Waals surface area (Å²) in [5.41, 5.74) is 0.196. The van der Waals surface area contributed by atoms with Crippen molar-refractivity contribution in [2.75, 3.05) is 31.6 Å². The summed E-state index contributed by atoms with van der Waals surface area (Å²) in [6, 6.07) is 3.31.